The number of hydrogen-bond acceptors (Lipinski definition) is 6. The van der Waals surface area contributed by atoms with E-state index in [-0.39, 0.29) is 17.4 Å². The number of nitrogens with zero attached hydrogens (tertiary/aromatic N) is 2. The number of carbonyl (C=O) groups excluding carboxylic acids is 1. The molecule has 32 heavy (non-hydrogen) atoms. The first-order chi connectivity index (χ1) is 15.3. The quantitative estimate of drug-likeness (QED) is 0.461. The van der Waals surface area contributed by atoms with Crippen LogP contribution in [0.3, 0.4) is 0 Å². The Labute approximate surface area is 192 Å². The molecule has 6 nitrogen and oxygen atoms in total. The van der Waals surface area contributed by atoms with Crippen LogP contribution in [0.25, 0.3) is 11.3 Å². The molecule has 1 aliphatic carbocycles. The zero-order valence-corrected chi connectivity index (χ0v) is 19.4. The van der Waals surface area contributed by atoms with Crippen LogP contribution in [-0.2, 0) is 27.5 Å². The van der Waals surface area contributed by atoms with E-state index in [9.17, 15) is 13.2 Å². The summed E-state index contributed by atoms with van der Waals surface area (Å²) >= 11 is 1.34. The molecule has 0 atom stereocenters. The number of sulfone groups is 1. The number of rotatable bonds is 8. The van der Waals surface area contributed by atoms with Crippen LogP contribution in [0.5, 0.6) is 5.75 Å². The van der Waals surface area contributed by atoms with Crippen LogP contribution in [0.2, 0.25) is 0 Å². The molecular formula is C24H24N2O4S2. The second kappa shape index (κ2) is 9.26. The maximum Gasteiger partial charge on any atom is 0.266 e. The van der Waals surface area contributed by atoms with E-state index in [1.807, 2.05) is 17.5 Å². The third kappa shape index (κ3) is 4.92. The Hall–Kier alpha value is -2.97. The minimum Gasteiger partial charge on any atom is -0.484 e. The fraction of sp³-hybridized carbons (Fsp3) is 0.250. The molecule has 0 unspecified atom stereocenters. The Morgan fingerprint density at radius 1 is 1.19 bits per heavy atom. The van der Waals surface area contributed by atoms with E-state index in [0.717, 1.165) is 24.8 Å². The molecule has 0 aliphatic heterocycles. The van der Waals surface area contributed by atoms with Gasteiger partial charge < -0.3 is 4.74 Å². The van der Waals surface area contributed by atoms with E-state index < -0.39 is 9.84 Å². The minimum absolute atomic E-state index is 0.0927. The lowest BCUT2D eigenvalue weighted by Crippen LogP contribution is -2.35. The van der Waals surface area contributed by atoms with Crippen molar-refractivity contribution in [2.45, 2.75) is 24.2 Å². The predicted molar refractivity (Wildman–Crippen MR) is 127 cm³/mol. The summed E-state index contributed by atoms with van der Waals surface area (Å²) in [5.74, 6) is 0.488. The van der Waals surface area contributed by atoms with Crippen molar-refractivity contribution < 1.29 is 17.9 Å². The van der Waals surface area contributed by atoms with E-state index in [2.05, 4.69) is 17.6 Å². The SMILES string of the molecule is C=CCN(C(=O)COc1ccc2c(c1)CCC2)c1nc(-c2ccc(S(C)(=O)=O)cc2)cs1. The maximum atomic E-state index is 12.9. The summed E-state index contributed by atoms with van der Waals surface area (Å²) < 4.78 is 29.1. The van der Waals surface area contributed by atoms with Gasteiger partial charge in [0.25, 0.3) is 5.91 Å². The summed E-state index contributed by atoms with van der Waals surface area (Å²) in [6.45, 7) is 3.97. The highest BCUT2D eigenvalue weighted by Crippen LogP contribution is 2.29. The van der Waals surface area contributed by atoms with Crippen LogP contribution in [0.15, 0.2) is 65.4 Å². The third-order valence-corrected chi connectivity index (χ3v) is 7.34. The van der Waals surface area contributed by atoms with Crippen LogP contribution >= 0.6 is 11.3 Å². The Bertz CT molecular complexity index is 1250. The molecule has 0 bridgehead atoms. The fourth-order valence-corrected chi connectivity index (χ4v) is 5.16. The highest BCUT2D eigenvalue weighted by atomic mass is 32.2. The first-order valence-corrected chi connectivity index (χ1v) is 13.0. The van der Waals surface area contributed by atoms with E-state index in [0.29, 0.717) is 23.1 Å². The number of benzene rings is 2. The second-order valence-electron chi connectivity index (χ2n) is 7.68. The van der Waals surface area contributed by atoms with Crippen molar-refractivity contribution >= 4 is 32.2 Å². The van der Waals surface area contributed by atoms with Gasteiger partial charge in [0, 0.05) is 23.7 Å². The van der Waals surface area contributed by atoms with Gasteiger partial charge in [-0.25, -0.2) is 13.4 Å². The average molecular weight is 469 g/mol. The van der Waals surface area contributed by atoms with E-state index in [1.54, 1.807) is 35.2 Å². The summed E-state index contributed by atoms with van der Waals surface area (Å²) in [6, 6.07) is 12.6. The van der Waals surface area contributed by atoms with Gasteiger partial charge in [-0.3, -0.25) is 9.69 Å². The number of thiazole rings is 1. The van der Waals surface area contributed by atoms with Gasteiger partial charge >= 0.3 is 0 Å². The fourth-order valence-electron chi connectivity index (χ4n) is 3.67. The number of carbonyl (C=O) groups is 1. The summed E-state index contributed by atoms with van der Waals surface area (Å²) in [7, 11) is -3.26. The zero-order valence-electron chi connectivity index (χ0n) is 17.8. The summed E-state index contributed by atoms with van der Waals surface area (Å²) in [4.78, 5) is 19.3. The molecule has 4 rings (SSSR count). The van der Waals surface area contributed by atoms with Crippen molar-refractivity contribution in [2.75, 3.05) is 24.3 Å². The van der Waals surface area contributed by atoms with Crippen LogP contribution in [0.1, 0.15) is 17.5 Å². The van der Waals surface area contributed by atoms with Crippen molar-refractivity contribution in [2.24, 2.45) is 0 Å². The molecule has 1 amide bonds. The van der Waals surface area contributed by atoms with Gasteiger partial charge in [0.15, 0.2) is 21.6 Å². The number of ether oxygens (including phenoxy) is 1. The van der Waals surface area contributed by atoms with Gasteiger partial charge in [0.2, 0.25) is 0 Å². The number of aromatic nitrogens is 1. The molecule has 1 aromatic heterocycles. The van der Waals surface area contributed by atoms with Crippen molar-refractivity contribution in [3.05, 3.63) is 71.6 Å². The van der Waals surface area contributed by atoms with Gasteiger partial charge in [-0.05, 0) is 54.7 Å². The summed E-state index contributed by atoms with van der Waals surface area (Å²) in [6.07, 6.45) is 6.14. The zero-order chi connectivity index (χ0) is 22.7. The highest BCUT2D eigenvalue weighted by molar-refractivity contribution is 7.90. The Balaban J connectivity index is 1.47. The molecule has 0 radical (unpaired) electrons. The minimum atomic E-state index is -3.26. The number of fused-ring (bicyclic) bond motifs is 1. The van der Waals surface area contributed by atoms with Crippen LogP contribution < -0.4 is 9.64 Å². The van der Waals surface area contributed by atoms with E-state index in [4.69, 9.17) is 4.74 Å². The number of anilines is 1. The largest absolute Gasteiger partial charge is 0.484 e. The lowest BCUT2D eigenvalue weighted by molar-refractivity contribution is -0.120. The lowest BCUT2D eigenvalue weighted by Gasteiger charge is -2.18. The molecule has 0 spiro atoms. The van der Waals surface area contributed by atoms with Crippen LogP contribution in [0, 0.1) is 0 Å². The van der Waals surface area contributed by atoms with Crippen molar-refractivity contribution in [1.82, 2.24) is 4.98 Å². The van der Waals surface area contributed by atoms with Gasteiger partial charge in [-0.1, -0.05) is 24.3 Å². The molecule has 1 heterocycles. The predicted octanol–water partition coefficient (Wildman–Crippen LogP) is 4.30. The van der Waals surface area contributed by atoms with Gasteiger partial charge in [-0.15, -0.1) is 17.9 Å². The normalized spacial score (nSPS) is 12.9. The molecule has 0 fully saturated rings. The number of aryl methyl sites for hydroxylation is 2. The van der Waals surface area contributed by atoms with Crippen LogP contribution in [-0.4, -0.2) is 38.7 Å². The number of amides is 1. The van der Waals surface area contributed by atoms with E-state index >= 15 is 0 Å². The molecule has 8 heteroatoms. The molecular weight excluding hydrogens is 444 g/mol. The summed E-state index contributed by atoms with van der Waals surface area (Å²) in [5.41, 5.74) is 4.10. The first-order valence-electron chi connectivity index (χ1n) is 10.3. The second-order valence-corrected chi connectivity index (χ2v) is 10.5. The molecule has 166 valence electrons. The average Bonchev–Trinajstić information content (AvgIpc) is 3.44. The molecule has 3 aromatic rings. The molecule has 0 saturated carbocycles. The van der Waals surface area contributed by atoms with E-state index in [1.165, 1.54) is 28.7 Å². The Kier molecular flexibility index (Phi) is 6.43. The first kappa shape index (κ1) is 22.2. The third-order valence-electron chi connectivity index (χ3n) is 5.35. The monoisotopic (exact) mass is 468 g/mol. The Morgan fingerprint density at radius 3 is 2.66 bits per heavy atom. The Morgan fingerprint density at radius 2 is 1.94 bits per heavy atom. The molecule has 0 N–H and O–H groups in total. The molecule has 2 aromatic carbocycles. The molecule has 1 aliphatic rings. The maximum absolute atomic E-state index is 12.9. The van der Waals surface area contributed by atoms with Gasteiger partial charge in [0.1, 0.15) is 5.75 Å². The van der Waals surface area contributed by atoms with Crippen molar-refractivity contribution in [1.29, 1.82) is 0 Å². The lowest BCUT2D eigenvalue weighted by atomic mass is 10.1. The molecule has 0 saturated heterocycles. The van der Waals surface area contributed by atoms with Gasteiger partial charge in [0.05, 0.1) is 10.6 Å². The number of hydrogen-bond donors (Lipinski definition) is 0. The topological polar surface area (TPSA) is 76.6 Å². The smallest absolute Gasteiger partial charge is 0.266 e. The van der Waals surface area contributed by atoms with Crippen molar-refractivity contribution in [3.8, 4) is 17.0 Å². The summed E-state index contributed by atoms with van der Waals surface area (Å²) in [5, 5.41) is 2.38. The van der Waals surface area contributed by atoms with Gasteiger partial charge in [-0.2, -0.15) is 0 Å². The van der Waals surface area contributed by atoms with Crippen molar-refractivity contribution in [3.63, 3.8) is 0 Å². The standard InChI is InChI=1S/C24H24N2O4S2/c1-3-13-26(23(27)15-30-20-10-7-17-5-4-6-19(17)14-20)24-25-22(16-31-24)18-8-11-21(12-9-18)32(2,28)29/h3,7-12,14,16H,1,4-6,13,15H2,2H3. The highest BCUT2D eigenvalue weighted by Gasteiger charge is 2.20. The van der Waals surface area contributed by atoms with Crippen LogP contribution in [0.4, 0.5) is 5.13 Å².